The summed E-state index contributed by atoms with van der Waals surface area (Å²) in [4.78, 5) is 128. The summed E-state index contributed by atoms with van der Waals surface area (Å²) in [5.41, 5.74) is 9.18. The van der Waals surface area contributed by atoms with Crippen LogP contribution in [0.2, 0.25) is 0 Å². The molecule has 8 unspecified atom stereocenters. The molecule has 500 valence electrons. The fourth-order valence-electron chi connectivity index (χ4n) is 20.3. The normalized spacial score (nSPS) is 26.4. The Labute approximate surface area is 566 Å². The third-order valence-corrected chi connectivity index (χ3v) is 24.8. The van der Waals surface area contributed by atoms with E-state index in [9.17, 15) is 19.2 Å². The minimum Gasteiger partial charge on any atom is -0.274 e. The molecule has 15 rings (SSSR count). The van der Waals surface area contributed by atoms with Crippen molar-refractivity contribution in [2.45, 2.75) is 243 Å². The van der Waals surface area contributed by atoms with Crippen LogP contribution in [0.4, 0.5) is 0 Å². The van der Waals surface area contributed by atoms with E-state index in [0.717, 1.165) is 185 Å². The SMILES string of the molecule is CCCCCCCC(CCCCCCC)N1C(=O)c2ccc3c4c(ccc(c24)C1=O)C1C=CC2C(=O)N([C@H]4CCCC[C@@H]4N4C(=O)C5=CC=C6c7ccc8c9c(ccc(c79)C7C=CC(C4=O)C5C67)C(=O)N(C(CCCCCCC)CCCCCCC)C8=O)C(=O)C4=CC=C3C1C42. The van der Waals surface area contributed by atoms with Gasteiger partial charge < -0.3 is 0 Å². The molecule has 12 heteroatoms. The smallest absolute Gasteiger partial charge is 0.261 e. The molecule has 7 aliphatic carbocycles. The van der Waals surface area contributed by atoms with Crippen molar-refractivity contribution in [3.05, 3.63) is 153 Å². The Balaban J connectivity index is 0.710. The van der Waals surface area contributed by atoms with Gasteiger partial charge in [-0.25, -0.2) is 0 Å². The second-order valence-electron chi connectivity index (χ2n) is 30.2. The standard InChI is InChI=1S/C84H96N4O8/c1-5-9-13-17-21-27-49(28-22-18-14-10-6-2)85-77(89)59-41-33-51-55-37-45-63-75-64(46-38-56(71(55)75)52-34-42-60(78(85)90)73(59)69(51)52)82(94)87(81(63)93)67-31-25-26-32-68(67)88-83(95)65-47-39-57-53-35-43-61-74-62(44-36-54(70(53)74)58-40-48-66(84(88)96)76(65)72(57)58)80(92)86(79(61)91)50(29-23-19-15-11-7-3)30-24-20-16-12-8-4/h33-50,55,57,63,65,67-68,71-72,75-76H,5-32H2,1-4H3/t55?,57?,63?,65?,67-,68-,71?,72?,75?,76?/m0/s1. The molecule has 96 heavy (non-hydrogen) atoms. The van der Waals surface area contributed by atoms with Gasteiger partial charge in [0.25, 0.3) is 35.4 Å². The van der Waals surface area contributed by atoms with E-state index in [4.69, 9.17) is 0 Å². The second-order valence-corrected chi connectivity index (χ2v) is 30.2. The van der Waals surface area contributed by atoms with Crippen molar-refractivity contribution in [1.82, 2.24) is 19.6 Å². The summed E-state index contributed by atoms with van der Waals surface area (Å²) >= 11 is 0. The fraction of sp³-hybridized carbons (Fsp3) is 0.524. The van der Waals surface area contributed by atoms with Gasteiger partial charge in [-0.3, -0.25) is 58.0 Å². The molecule has 10 atom stereocenters. The maximum absolute atomic E-state index is 15.6. The Morgan fingerprint density at radius 3 is 0.958 bits per heavy atom. The Morgan fingerprint density at radius 2 is 0.615 bits per heavy atom. The number of unbranched alkanes of at least 4 members (excludes halogenated alkanes) is 16. The third-order valence-electron chi connectivity index (χ3n) is 24.8. The highest BCUT2D eigenvalue weighted by Gasteiger charge is 2.60. The predicted molar refractivity (Wildman–Crippen MR) is 377 cm³/mol. The largest absolute Gasteiger partial charge is 0.274 e. The van der Waals surface area contributed by atoms with Gasteiger partial charge in [0.15, 0.2) is 0 Å². The molecule has 4 aliphatic heterocycles. The van der Waals surface area contributed by atoms with Gasteiger partial charge in [-0.05, 0) is 107 Å². The number of imide groups is 4. The van der Waals surface area contributed by atoms with Crippen molar-refractivity contribution in [2.24, 2.45) is 35.5 Å². The van der Waals surface area contributed by atoms with Crippen molar-refractivity contribution < 1.29 is 38.4 Å². The second kappa shape index (κ2) is 26.7. The van der Waals surface area contributed by atoms with Crippen molar-refractivity contribution >= 4 is 79.9 Å². The lowest BCUT2D eigenvalue weighted by Gasteiger charge is -2.54. The molecular formula is C84H96N4O8. The molecule has 0 spiro atoms. The molecule has 4 heterocycles. The summed E-state index contributed by atoms with van der Waals surface area (Å²) in [7, 11) is 0. The first-order valence-electron chi connectivity index (χ1n) is 37.8. The van der Waals surface area contributed by atoms with E-state index >= 15 is 19.2 Å². The van der Waals surface area contributed by atoms with Gasteiger partial charge in [-0.15, -0.1) is 0 Å². The van der Waals surface area contributed by atoms with Gasteiger partial charge in [-0.2, -0.15) is 0 Å². The lowest BCUT2D eigenvalue weighted by atomic mass is 9.55. The van der Waals surface area contributed by atoms with Gasteiger partial charge in [-0.1, -0.05) is 242 Å². The Bertz CT molecular complexity index is 3780. The van der Waals surface area contributed by atoms with Gasteiger partial charge in [0.05, 0.1) is 23.9 Å². The number of rotatable bonds is 28. The van der Waals surface area contributed by atoms with Crippen LogP contribution in [0.15, 0.2) is 108 Å². The average Bonchev–Trinajstić information content (AvgIpc) is 0.697. The van der Waals surface area contributed by atoms with Crippen molar-refractivity contribution in [3.63, 3.8) is 0 Å². The van der Waals surface area contributed by atoms with E-state index in [2.05, 4.69) is 52.0 Å². The zero-order valence-electron chi connectivity index (χ0n) is 57.0. The summed E-state index contributed by atoms with van der Waals surface area (Å²) in [6.07, 6.45) is 43.9. The number of nitrogens with zero attached hydrogens (tertiary/aromatic N) is 4. The highest BCUT2D eigenvalue weighted by atomic mass is 16.2. The number of hydrogen-bond donors (Lipinski definition) is 0. The molecule has 3 fully saturated rings. The van der Waals surface area contributed by atoms with Crippen molar-refractivity contribution in [1.29, 1.82) is 0 Å². The van der Waals surface area contributed by atoms with Crippen LogP contribution >= 0.6 is 0 Å². The molecular weight excluding hydrogens is 1190 g/mol. The first kappa shape index (κ1) is 64.4. The number of hydrogen-bond acceptors (Lipinski definition) is 8. The third kappa shape index (κ3) is 10.3. The average molecular weight is 1290 g/mol. The molecule has 0 radical (unpaired) electrons. The number of amides is 8. The maximum Gasteiger partial charge on any atom is 0.261 e. The number of likely N-dealkylation sites (tertiary alicyclic amines) is 2. The zero-order chi connectivity index (χ0) is 66.2. The van der Waals surface area contributed by atoms with E-state index in [0.29, 0.717) is 57.0 Å². The Morgan fingerprint density at radius 1 is 0.323 bits per heavy atom. The molecule has 12 nitrogen and oxygen atoms in total. The van der Waals surface area contributed by atoms with Crippen LogP contribution in [0.25, 0.3) is 32.7 Å². The van der Waals surface area contributed by atoms with Crippen molar-refractivity contribution in [2.75, 3.05) is 0 Å². The maximum atomic E-state index is 15.6. The predicted octanol–water partition coefficient (Wildman–Crippen LogP) is 17.8. The quantitative estimate of drug-likeness (QED) is 0.0310. The van der Waals surface area contributed by atoms with Crippen LogP contribution in [0, 0.1) is 35.5 Å². The van der Waals surface area contributed by atoms with Crippen LogP contribution in [0.1, 0.15) is 283 Å². The first-order chi connectivity index (χ1) is 46.9. The van der Waals surface area contributed by atoms with Crippen LogP contribution in [-0.4, -0.2) is 91.0 Å². The lowest BCUT2D eigenvalue weighted by molar-refractivity contribution is -0.164. The number of allylic oxidation sites excluding steroid dienone is 8. The van der Waals surface area contributed by atoms with E-state index < -0.39 is 35.8 Å². The lowest BCUT2D eigenvalue weighted by Crippen LogP contribution is -2.66. The van der Waals surface area contributed by atoms with Gasteiger partial charge >= 0.3 is 0 Å². The summed E-state index contributed by atoms with van der Waals surface area (Å²) in [5, 5.41) is 3.22. The summed E-state index contributed by atoms with van der Waals surface area (Å²) in [6, 6.07) is 14.1. The molecule has 11 aliphatic rings. The minimum atomic E-state index is -0.731. The summed E-state index contributed by atoms with van der Waals surface area (Å²) in [5.74, 6) is -5.43. The molecule has 4 aromatic rings. The van der Waals surface area contributed by atoms with Crippen LogP contribution < -0.4 is 0 Å². The topological polar surface area (TPSA) is 150 Å². The van der Waals surface area contributed by atoms with Gasteiger partial charge in [0, 0.05) is 91.8 Å². The number of carbonyl (C=O) groups excluding carboxylic acids is 8. The van der Waals surface area contributed by atoms with Crippen LogP contribution in [0.5, 0.6) is 0 Å². The molecule has 4 aromatic carbocycles. The summed E-state index contributed by atoms with van der Waals surface area (Å²) < 4.78 is 0. The molecule has 0 aromatic heterocycles. The summed E-state index contributed by atoms with van der Waals surface area (Å²) in [6.45, 7) is 8.85. The minimum absolute atomic E-state index is 0.169. The Hall–Kier alpha value is -7.60. The molecule has 0 N–H and O–H groups in total. The van der Waals surface area contributed by atoms with Crippen molar-refractivity contribution in [3.8, 4) is 0 Å². The van der Waals surface area contributed by atoms with E-state index in [1.165, 1.54) is 35.5 Å². The molecule has 2 saturated heterocycles. The van der Waals surface area contributed by atoms with Gasteiger partial charge in [0.2, 0.25) is 11.8 Å². The molecule has 8 amide bonds. The number of carbonyl (C=O) groups is 8. The number of fused-ring (bicyclic) bond motifs is 4. The highest BCUT2D eigenvalue weighted by molar-refractivity contribution is 6.29. The van der Waals surface area contributed by atoms with E-state index in [-0.39, 0.29) is 83.0 Å². The zero-order valence-corrected chi connectivity index (χ0v) is 57.0. The Kier molecular flexibility index (Phi) is 17.9. The van der Waals surface area contributed by atoms with Crippen LogP contribution in [0.3, 0.4) is 0 Å². The van der Waals surface area contributed by atoms with E-state index in [1.807, 2.05) is 72.9 Å². The monoisotopic (exact) mass is 1290 g/mol. The fourth-order valence-corrected chi connectivity index (χ4v) is 20.3. The van der Waals surface area contributed by atoms with Crippen LogP contribution in [-0.2, 0) is 19.2 Å². The molecule has 1 saturated carbocycles. The number of benzene rings is 4. The van der Waals surface area contributed by atoms with Gasteiger partial charge in [0.1, 0.15) is 0 Å². The van der Waals surface area contributed by atoms with E-state index in [1.54, 1.807) is 9.80 Å². The number of piperidine rings is 2. The molecule has 0 bridgehead atoms. The highest BCUT2D eigenvalue weighted by Crippen LogP contribution is 2.62. The first-order valence-corrected chi connectivity index (χ1v) is 37.8.